The highest BCUT2D eigenvalue weighted by Crippen LogP contribution is 2.28. The molecule has 0 N–H and O–H groups in total. The zero-order valence-corrected chi connectivity index (χ0v) is 13.7. The fourth-order valence-corrected chi connectivity index (χ4v) is 3.02. The number of halogens is 5. The summed E-state index contributed by atoms with van der Waals surface area (Å²) in [6.45, 7) is -1.39. The summed E-state index contributed by atoms with van der Waals surface area (Å²) in [7, 11) is 0. The minimum atomic E-state index is -2.85. The molecular weight excluding hydrogens is 369 g/mol. The fourth-order valence-electron chi connectivity index (χ4n) is 3.02. The molecular formula is C18H12F5N3O. The summed E-state index contributed by atoms with van der Waals surface area (Å²) >= 11 is 0. The Labute approximate surface area is 149 Å². The second-order valence-electron chi connectivity index (χ2n) is 6.43. The van der Waals surface area contributed by atoms with Crippen molar-refractivity contribution in [2.45, 2.75) is 12.5 Å². The number of aromatic nitrogens is 2. The van der Waals surface area contributed by atoms with Gasteiger partial charge < -0.3 is 9.47 Å². The van der Waals surface area contributed by atoms with Gasteiger partial charge in [0.25, 0.3) is 5.92 Å². The molecule has 2 aromatic heterocycles. The number of amides is 1. The van der Waals surface area contributed by atoms with Crippen molar-refractivity contribution in [3.05, 3.63) is 54.1 Å². The van der Waals surface area contributed by atoms with Gasteiger partial charge in [-0.05, 0) is 29.8 Å². The van der Waals surface area contributed by atoms with Crippen molar-refractivity contribution in [2.75, 3.05) is 13.1 Å². The van der Waals surface area contributed by atoms with E-state index in [0.717, 1.165) is 17.0 Å². The lowest BCUT2D eigenvalue weighted by atomic mass is 10.1. The van der Waals surface area contributed by atoms with Crippen LogP contribution in [0.25, 0.3) is 22.2 Å². The first kappa shape index (κ1) is 17.4. The Morgan fingerprint density at radius 3 is 2.37 bits per heavy atom. The minimum Gasteiger partial charge on any atom is -0.337 e. The van der Waals surface area contributed by atoms with Gasteiger partial charge in [0.05, 0.1) is 24.1 Å². The number of hydrogen-bond acceptors (Lipinski definition) is 2. The van der Waals surface area contributed by atoms with Crippen molar-refractivity contribution in [3.8, 4) is 11.1 Å². The molecule has 140 valence electrons. The molecule has 1 aliphatic heterocycles. The number of carbonyl (C=O) groups is 1. The van der Waals surface area contributed by atoms with Gasteiger partial charge in [-0.2, -0.15) is 0 Å². The Balaban J connectivity index is 1.65. The maximum atomic E-state index is 13.5. The molecule has 4 rings (SSSR count). The monoisotopic (exact) mass is 381 g/mol. The van der Waals surface area contributed by atoms with E-state index in [0.29, 0.717) is 16.6 Å². The van der Waals surface area contributed by atoms with E-state index in [2.05, 4.69) is 4.98 Å². The van der Waals surface area contributed by atoms with Gasteiger partial charge in [-0.15, -0.1) is 0 Å². The average molecular weight is 381 g/mol. The zero-order chi connectivity index (χ0) is 19.3. The number of benzene rings is 1. The standard InChI is InChI=1S/C18H12F5N3O/c19-12-3-10(4-13(20)17(12)21)11-5-15-14(24-6-11)1-2-25(15)7-16(27)26-8-18(22,23)9-26/h1-6H,7-9H2. The number of alkyl halides is 2. The number of hydrogen-bond donors (Lipinski definition) is 0. The van der Waals surface area contributed by atoms with Crippen molar-refractivity contribution in [1.82, 2.24) is 14.5 Å². The summed E-state index contributed by atoms with van der Waals surface area (Å²) < 4.78 is 67.4. The maximum Gasteiger partial charge on any atom is 0.282 e. The van der Waals surface area contributed by atoms with Gasteiger partial charge in [-0.3, -0.25) is 9.78 Å². The van der Waals surface area contributed by atoms with Crippen molar-refractivity contribution >= 4 is 16.9 Å². The Kier molecular flexibility index (Phi) is 3.90. The Morgan fingerprint density at radius 1 is 1.07 bits per heavy atom. The first-order valence-corrected chi connectivity index (χ1v) is 7.99. The van der Waals surface area contributed by atoms with Gasteiger partial charge >= 0.3 is 0 Å². The van der Waals surface area contributed by atoms with E-state index in [4.69, 9.17) is 0 Å². The summed E-state index contributed by atoms with van der Waals surface area (Å²) in [6, 6.07) is 4.87. The molecule has 1 aliphatic rings. The van der Waals surface area contributed by atoms with Gasteiger partial charge in [0.2, 0.25) is 5.91 Å². The van der Waals surface area contributed by atoms with E-state index in [1.807, 2.05) is 0 Å². The third-order valence-corrected chi connectivity index (χ3v) is 4.44. The quantitative estimate of drug-likeness (QED) is 0.514. The molecule has 9 heteroatoms. The van der Waals surface area contributed by atoms with Gasteiger partial charge in [-0.25, -0.2) is 22.0 Å². The number of fused-ring (bicyclic) bond motifs is 1. The Morgan fingerprint density at radius 2 is 1.74 bits per heavy atom. The Bertz CT molecular complexity index is 1030. The fraction of sp³-hybridized carbons (Fsp3) is 0.222. The smallest absolute Gasteiger partial charge is 0.282 e. The van der Waals surface area contributed by atoms with Crippen LogP contribution in [-0.2, 0) is 11.3 Å². The van der Waals surface area contributed by atoms with Crippen molar-refractivity contribution in [2.24, 2.45) is 0 Å². The molecule has 0 unspecified atom stereocenters. The van der Waals surface area contributed by atoms with Crippen LogP contribution in [0.15, 0.2) is 36.7 Å². The second kappa shape index (κ2) is 6.04. The van der Waals surface area contributed by atoms with E-state index >= 15 is 0 Å². The molecule has 0 spiro atoms. The molecule has 0 bridgehead atoms. The Hall–Kier alpha value is -2.97. The molecule has 0 saturated carbocycles. The summed E-state index contributed by atoms with van der Waals surface area (Å²) in [4.78, 5) is 17.3. The summed E-state index contributed by atoms with van der Waals surface area (Å²) in [5.74, 6) is -7.53. The van der Waals surface area contributed by atoms with Crippen LogP contribution in [0.2, 0.25) is 0 Å². The van der Waals surface area contributed by atoms with E-state index < -0.39 is 42.4 Å². The summed E-state index contributed by atoms with van der Waals surface area (Å²) in [5, 5.41) is 0. The highest BCUT2D eigenvalue weighted by atomic mass is 19.3. The van der Waals surface area contributed by atoms with Crippen molar-refractivity contribution < 1.29 is 26.7 Å². The summed E-state index contributed by atoms with van der Waals surface area (Å²) in [5.41, 5.74) is 1.41. The lowest BCUT2D eigenvalue weighted by molar-refractivity contribution is -0.166. The van der Waals surface area contributed by atoms with Crippen LogP contribution >= 0.6 is 0 Å². The molecule has 1 amide bonds. The van der Waals surface area contributed by atoms with Crippen molar-refractivity contribution in [1.29, 1.82) is 0 Å². The largest absolute Gasteiger partial charge is 0.337 e. The third kappa shape index (κ3) is 3.13. The SMILES string of the molecule is O=C(Cn1ccc2ncc(-c3cc(F)c(F)c(F)c3)cc21)N1CC(F)(F)C1. The molecule has 3 aromatic rings. The summed E-state index contributed by atoms with van der Waals surface area (Å²) in [6.07, 6.45) is 2.94. The molecule has 1 aromatic carbocycles. The minimum absolute atomic E-state index is 0.0854. The number of nitrogens with zero attached hydrogens (tertiary/aromatic N) is 3. The van der Waals surface area contributed by atoms with Crippen molar-refractivity contribution in [3.63, 3.8) is 0 Å². The van der Waals surface area contributed by atoms with Gasteiger partial charge in [0.1, 0.15) is 6.54 Å². The number of rotatable bonds is 3. The first-order chi connectivity index (χ1) is 12.7. The van der Waals surface area contributed by atoms with Gasteiger partial charge in [0, 0.05) is 18.0 Å². The number of carbonyl (C=O) groups excluding carboxylic acids is 1. The molecule has 0 aliphatic carbocycles. The highest BCUT2D eigenvalue weighted by Gasteiger charge is 2.46. The highest BCUT2D eigenvalue weighted by molar-refractivity contribution is 5.84. The molecule has 27 heavy (non-hydrogen) atoms. The predicted octanol–water partition coefficient (Wildman–Crippen LogP) is 3.60. The molecule has 1 saturated heterocycles. The molecule has 1 fully saturated rings. The van der Waals surface area contributed by atoms with Crippen LogP contribution in [0.4, 0.5) is 22.0 Å². The van der Waals surface area contributed by atoms with E-state index in [1.165, 1.54) is 10.8 Å². The van der Waals surface area contributed by atoms with Crippen LogP contribution in [0.3, 0.4) is 0 Å². The molecule has 3 heterocycles. The third-order valence-electron chi connectivity index (χ3n) is 4.44. The van der Waals surface area contributed by atoms with Crippen LogP contribution in [0, 0.1) is 17.5 Å². The first-order valence-electron chi connectivity index (χ1n) is 7.99. The number of likely N-dealkylation sites (tertiary alicyclic amines) is 1. The second-order valence-corrected chi connectivity index (χ2v) is 6.43. The average Bonchev–Trinajstić information content (AvgIpc) is 2.99. The van der Waals surface area contributed by atoms with Crippen LogP contribution in [0.1, 0.15) is 0 Å². The van der Waals surface area contributed by atoms with Crippen LogP contribution in [0.5, 0.6) is 0 Å². The maximum absolute atomic E-state index is 13.5. The lowest BCUT2D eigenvalue weighted by Gasteiger charge is -2.38. The lowest BCUT2D eigenvalue weighted by Crippen LogP contribution is -2.59. The van der Waals surface area contributed by atoms with E-state index in [9.17, 15) is 26.7 Å². The topological polar surface area (TPSA) is 38.1 Å². The van der Waals surface area contributed by atoms with Gasteiger partial charge in [0.15, 0.2) is 17.5 Å². The molecule has 4 nitrogen and oxygen atoms in total. The van der Waals surface area contributed by atoms with Crippen LogP contribution in [-0.4, -0.2) is 39.4 Å². The van der Waals surface area contributed by atoms with E-state index in [-0.39, 0.29) is 12.1 Å². The normalized spacial score (nSPS) is 15.8. The predicted molar refractivity (Wildman–Crippen MR) is 86.6 cm³/mol. The number of pyridine rings is 1. The molecule has 0 radical (unpaired) electrons. The molecule has 0 atom stereocenters. The van der Waals surface area contributed by atoms with Crippen LogP contribution < -0.4 is 0 Å². The zero-order valence-electron chi connectivity index (χ0n) is 13.7. The van der Waals surface area contributed by atoms with E-state index in [1.54, 1.807) is 18.3 Å². The van der Waals surface area contributed by atoms with Gasteiger partial charge in [-0.1, -0.05) is 0 Å².